The minimum Gasteiger partial charge on any atom is -0.288 e. The normalized spacial score (nSPS) is 10.3. The number of pyridine rings is 1. The van der Waals surface area contributed by atoms with E-state index in [0.717, 1.165) is 12.1 Å². The Bertz CT molecular complexity index is 581. The number of hydrogen-bond donors (Lipinski definition) is 0. The molecule has 1 heterocycles. The average Bonchev–Trinajstić information content (AvgIpc) is 2.29. The highest BCUT2D eigenvalue weighted by Gasteiger charge is 2.16. The van der Waals surface area contributed by atoms with E-state index in [0.29, 0.717) is 17.2 Å². The Kier molecular flexibility index (Phi) is 2.95. The molecular weight excluding hydrogens is 224 g/mol. The first-order valence-corrected chi connectivity index (χ1v) is 5.00. The SMILES string of the molecule is Cc1ccncc1C(=O)c1ccc(F)cc1F. The molecule has 0 bridgehead atoms. The second kappa shape index (κ2) is 4.41. The number of halogens is 2. The molecule has 0 aliphatic heterocycles. The number of benzene rings is 1. The first kappa shape index (κ1) is 11.4. The summed E-state index contributed by atoms with van der Waals surface area (Å²) in [5, 5.41) is 0. The molecule has 0 amide bonds. The predicted molar refractivity (Wildman–Crippen MR) is 58.8 cm³/mol. The number of hydrogen-bond acceptors (Lipinski definition) is 2. The van der Waals surface area contributed by atoms with Crippen molar-refractivity contribution in [3.63, 3.8) is 0 Å². The van der Waals surface area contributed by atoms with E-state index in [1.165, 1.54) is 6.20 Å². The average molecular weight is 233 g/mol. The van der Waals surface area contributed by atoms with Crippen LogP contribution in [0.1, 0.15) is 21.5 Å². The summed E-state index contributed by atoms with van der Waals surface area (Å²) in [6.07, 6.45) is 2.92. The van der Waals surface area contributed by atoms with Crippen molar-refractivity contribution in [1.29, 1.82) is 0 Å². The van der Waals surface area contributed by atoms with E-state index in [1.54, 1.807) is 19.2 Å². The lowest BCUT2D eigenvalue weighted by Gasteiger charge is -2.05. The van der Waals surface area contributed by atoms with Gasteiger partial charge in [-0.05, 0) is 30.7 Å². The van der Waals surface area contributed by atoms with Crippen LogP contribution in [0.25, 0.3) is 0 Å². The Labute approximate surface area is 96.9 Å². The Morgan fingerprint density at radius 2 is 1.94 bits per heavy atom. The topological polar surface area (TPSA) is 30.0 Å². The van der Waals surface area contributed by atoms with Gasteiger partial charge >= 0.3 is 0 Å². The van der Waals surface area contributed by atoms with Crippen molar-refractivity contribution in [1.82, 2.24) is 4.98 Å². The number of carbonyl (C=O) groups is 1. The Hall–Kier alpha value is -2.10. The fraction of sp³-hybridized carbons (Fsp3) is 0.0769. The van der Waals surface area contributed by atoms with Crippen LogP contribution in [-0.4, -0.2) is 10.8 Å². The lowest BCUT2D eigenvalue weighted by molar-refractivity contribution is 0.103. The minimum atomic E-state index is -0.863. The first-order valence-electron chi connectivity index (χ1n) is 5.00. The van der Waals surface area contributed by atoms with Crippen molar-refractivity contribution < 1.29 is 13.6 Å². The Morgan fingerprint density at radius 1 is 1.18 bits per heavy atom. The molecule has 0 aliphatic rings. The third kappa shape index (κ3) is 2.20. The second-order valence-corrected chi connectivity index (χ2v) is 3.64. The van der Waals surface area contributed by atoms with Crippen LogP contribution in [0.2, 0.25) is 0 Å². The number of rotatable bonds is 2. The van der Waals surface area contributed by atoms with Crippen LogP contribution in [0.3, 0.4) is 0 Å². The maximum atomic E-state index is 13.4. The van der Waals surface area contributed by atoms with Crippen LogP contribution in [-0.2, 0) is 0 Å². The van der Waals surface area contributed by atoms with E-state index in [4.69, 9.17) is 0 Å². The van der Waals surface area contributed by atoms with Crippen molar-refractivity contribution in [3.05, 3.63) is 65.0 Å². The Balaban J connectivity index is 2.48. The summed E-state index contributed by atoms with van der Waals surface area (Å²) < 4.78 is 26.2. The summed E-state index contributed by atoms with van der Waals surface area (Å²) in [6.45, 7) is 1.73. The summed E-state index contributed by atoms with van der Waals surface area (Å²) in [5.74, 6) is -2.06. The van der Waals surface area contributed by atoms with Gasteiger partial charge in [-0.2, -0.15) is 0 Å². The van der Waals surface area contributed by atoms with Gasteiger partial charge in [-0.25, -0.2) is 8.78 Å². The number of carbonyl (C=O) groups excluding carboxylic acids is 1. The molecule has 17 heavy (non-hydrogen) atoms. The monoisotopic (exact) mass is 233 g/mol. The van der Waals surface area contributed by atoms with Crippen LogP contribution in [0, 0.1) is 18.6 Å². The molecule has 0 saturated carbocycles. The van der Waals surface area contributed by atoms with Crippen molar-refractivity contribution in [2.24, 2.45) is 0 Å². The molecule has 2 nitrogen and oxygen atoms in total. The zero-order valence-electron chi connectivity index (χ0n) is 9.08. The fourth-order valence-electron chi connectivity index (χ4n) is 1.52. The van der Waals surface area contributed by atoms with Gasteiger partial charge in [-0.1, -0.05) is 0 Å². The Morgan fingerprint density at radius 3 is 2.59 bits per heavy atom. The van der Waals surface area contributed by atoms with E-state index in [9.17, 15) is 13.6 Å². The summed E-state index contributed by atoms with van der Waals surface area (Å²) in [5.41, 5.74) is 0.870. The predicted octanol–water partition coefficient (Wildman–Crippen LogP) is 2.90. The molecule has 0 spiro atoms. The highest BCUT2D eigenvalue weighted by atomic mass is 19.1. The third-order valence-corrected chi connectivity index (χ3v) is 2.46. The summed E-state index contributed by atoms with van der Waals surface area (Å²) >= 11 is 0. The lowest BCUT2D eigenvalue weighted by atomic mass is 10.0. The molecule has 1 aromatic heterocycles. The maximum absolute atomic E-state index is 13.4. The smallest absolute Gasteiger partial charge is 0.197 e. The number of ketones is 1. The van der Waals surface area contributed by atoms with Gasteiger partial charge in [0.2, 0.25) is 0 Å². The van der Waals surface area contributed by atoms with Gasteiger partial charge in [0.05, 0.1) is 5.56 Å². The number of aryl methyl sites for hydroxylation is 1. The zero-order valence-corrected chi connectivity index (χ0v) is 9.08. The maximum Gasteiger partial charge on any atom is 0.197 e. The van der Waals surface area contributed by atoms with Gasteiger partial charge < -0.3 is 0 Å². The molecule has 0 atom stereocenters. The third-order valence-electron chi connectivity index (χ3n) is 2.46. The van der Waals surface area contributed by atoms with E-state index in [2.05, 4.69) is 4.98 Å². The lowest BCUT2D eigenvalue weighted by Crippen LogP contribution is -2.07. The molecule has 0 fully saturated rings. The molecule has 86 valence electrons. The van der Waals surface area contributed by atoms with E-state index in [1.807, 2.05) is 0 Å². The fourth-order valence-corrected chi connectivity index (χ4v) is 1.52. The summed E-state index contributed by atoms with van der Waals surface area (Å²) in [4.78, 5) is 15.8. The van der Waals surface area contributed by atoms with Gasteiger partial charge in [0.1, 0.15) is 11.6 Å². The number of nitrogens with zero attached hydrogens (tertiary/aromatic N) is 1. The minimum absolute atomic E-state index is 0.150. The van der Waals surface area contributed by atoms with Crippen molar-refractivity contribution in [2.45, 2.75) is 6.92 Å². The van der Waals surface area contributed by atoms with Crippen LogP contribution in [0.15, 0.2) is 36.7 Å². The first-order chi connectivity index (χ1) is 8.09. The van der Waals surface area contributed by atoms with Crippen LogP contribution in [0.4, 0.5) is 8.78 Å². The molecule has 0 N–H and O–H groups in total. The van der Waals surface area contributed by atoms with E-state index < -0.39 is 17.4 Å². The van der Waals surface area contributed by atoms with Gasteiger partial charge in [-0.15, -0.1) is 0 Å². The largest absolute Gasteiger partial charge is 0.288 e. The van der Waals surface area contributed by atoms with Crippen molar-refractivity contribution in [3.8, 4) is 0 Å². The molecule has 0 radical (unpaired) electrons. The van der Waals surface area contributed by atoms with Gasteiger partial charge in [0, 0.05) is 24.0 Å². The van der Waals surface area contributed by atoms with Crippen molar-refractivity contribution in [2.75, 3.05) is 0 Å². The molecule has 0 saturated heterocycles. The van der Waals surface area contributed by atoms with E-state index in [-0.39, 0.29) is 5.56 Å². The van der Waals surface area contributed by atoms with Crippen LogP contribution >= 0.6 is 0 Å². The summed E-state index contributed by atoms with van der Waals surface area (Å²) in [6, 6.07) is 4.55. The molecule has 4 heteroatoms. The number of aromatic nitrogens is 1. The van der Waals surface area contributed by atoms with Crippen LogP contribution in [0.5, 0.6) is 0 Å². The zero-order chi connectivity index (χ0) is 12.4. The van der Waals surface area contributed by atoms with Crippen molar-refractivity contribution >= 4 is 5.78 Å². The quantitative estimate of drug-likeness (QED) is 0.746. The second-order valence-electron chi connectivity index (χ2n) is 3.64. The van der Waals surface area contributed by atoms with E-state index >= 15 is 0 Å². The van der Waals surface area contributed by atoms with Gasteiger partial charge in [0.15, 0.2) is 5.78 Å². The standard InChI is InChI=1S/C13H9F2NO/c1-8-4-5-16-7-11(8)13(17)10-3-2-9(14)6-12(10)15/h2-7H,1H3. The molecular formula is C13H9F2NO. The van der Waals surface area contributed by atoms with Gasteiger partial charge in [-0.3, -0.25) is 9.78 Å². The molecule has 0 aliphatic carbocycles. The highest BCUT2D eigenvalue weighted by molar-refractivity contribution is 6.09. The molecule has 2 rings (SSSR count). The van der Waals surface area contributed by atoms with Crippen LogP contribution < -0.4 is 0 Å². The van der Waals surface area contributed by atoms with Gasteiger partial charge in [0.25, 0.3) is 0 Å². The molecule has 2 aromatic rings. The molecule has 0 unspecified atom stereocenters. The highest BCUT2D eigenvalue weighted by Crippen LogP contribution is 2.16. The summed E-state index contributed by atoms with van der Waals surface area (Å²) in [7, 11) is 0. The molecule has 1 aromatic carbocycles.